The highest BCUT2D eigenvalue weighted by Gasteiger charge is 2.65. The Bertz CT molecular complexity index is 1800. The van der Waals surface area contributed by atoms with Crippen molar-refractivity contribution >= 4 is 11.6 Å². The third-order valence-corrected chi connectivity index (χ3v) is 12.3. The van der Waals surface area contributed by atoms with Crippen LogP contribution in [0.4, 0.5) is 0 Å². The number of aliphatic hydroxyl groups is 2. The zero-order valence-corrected chi connectivity index (χ0v) is 33.2. The maximum Gasteiger partial charge on any atom is 0.254 e. The average molecular weight is 783 g/mol. The van der Waals surface area contributed by atoms with Gasteiger partial charge in [-0.05, 0) is 98.4 Å². The van der Waals surface area contributed by atoms with Crippen molar-refractivity contribution in [3.05, 3.63) is 83.5 Å². The van der Waals surface area contributed by atoms with E-state index in [1.54, 1.807) is 42.3 Å². The molecule has 2 N–H and O–H groups in total. The fraction of sp³-hybridized carbons (Fsp3) is 0.578. The molecule has 2 aliphatic carbocycles. The Morgan fingerprint density at radius 1 is 1.11 bits per heavy atom. The number of hydrogen-bond acceptors (Lipinski definition) is 11. The summed E-state index contributed by atoms with van der Waals surface area (Å²) in [7, 11) is 1.78. The van der Waals surface area contributed by atoms with Crippen LogP contribution in [0, 0.1) is 29.1 Å². The molecule has 0 spiro atoms. The van der Waals surface area contributed by atoms with Crippen LogP contribution in [0.25, 0.3) is 0 Å². The van der Waals surface area contributed by atoms with E-state index in [-0.39, 0.29) is 49.9 Å². The fourth-order valence-corrected chi connectivity index (χ4v) is 9.35. The molecule has 3 fully saturated rings. The smallest absolute Gasteiger partial charge is 0.254 e. The molecule has 0 aromatic heterocycles. The molecule has 7 atom stereocenters. The number of benzene rings is 2. The van der Waals surface area contributed by atoms with Gasteiger partial charge < -0.3 is 38.9 Å². The molecule has 7 rings (SSSR count). The molecule has 2 saturated heterocycles. The van der Waals surface area contributed by atoms with E-state index in [0.29, 0.717) is 42.9 Å². The molecule has 0 bridgehead atoms. The summed E-state index contributed by atoms with van der Waals surface area (Å²) in [6, 6.07) is 14.2. The van der Waals surface area contributed by atoms with Crippen molar-refractivity contribution in [3.63, 3.8) is 0 Å². The van der Waals surface area contributed by atoms with Gasteiger partial charge in [0, 0.05) is 69.8 Å². The van der Waals surface area contributed by atoms with Crippen molar-refractivity contribution in [2.75, 3.05) is 59.7 Å². The number of nitriles is 1. The lowest BCUT2D eigenvalue weighted by molar-refractivity contribution is -0.252. The summed E-state index contributed by atoms with van der Waals surface area (Å²) in [5.41, 5.74) is 3.62. The highest BCUT2D eigenvalue weighted by Crippen LogP contribution is 2.62. The zero-order valence-electron chi connectivity index (χ0n) is 33.2. The van der Waals surface area contributed by atoms with Gasteiger partial charge in [-0.2, -0.15) is 5.26 Å². The van der Waals surface area contributed by atoms with Gasteiger partial charge in [0.15, 0.2) is 0 Å². The number of fused-ring (bicyclic) bond motifs is 2. The second-order valence-corrected chi connectivity index (χ2v) is 16.0. The molecule has 12 nitrogen and oxygen atoms in total. The standard InChI is InChI=1S/C45H58N4O8/c1-3-24-55-45-40(48(2)44(52)32-15-13-31(30-46)14-16-32)29-38(47-57-41-12-6-9-25-54-41)36-27-33(10-4-7-22-50)35(11-5-8-23-51)42(43(36)45)37-28-34(17-18-39(37)56-45)53-26-21-49-19-20-49/h3,13-18,27-28,33,35,40-43,50-51H,1,4-12,19-26,29H2,2H3/t33-,35+,40-,41?,42+,43+,45+/m0/s1. The molecule has 1 amide bonds. The number of carbonyl (C=O) groups is 1. The Labute approximate surface area is 336 Å². The van der Waals surface area contributed by atoms with Gasteiger partial charge in [0.1, 0.15) is 24.1 Å². The Balaban J connectivity index is 1.39. The number of allylic oxidation sites excluding steroid dienone is 1. The quantitative estimate of drug-likeness (QED) is 0.0733. The highest BCUT2D eigenvalue weighted by atomic mass is 16.8. The third kappa shape index (κ3) is 9.08. The van der Waals surface area contributed by atoms with Crippen molar-refractivity contribution in [3.8, 4) is 17.6 Å². The van der Waals surface area contributed by atoms with Crippen molar-refractivity contribution in [1.82, 2.24) is 9.80 Å². The number of ether oxygens (including phenoxy) is 4. The van der Waals surface area contributed by atoms with E-state index >= 15 is 0 Å². The first-order chi connectivity index (χ1) is 27.9. The second kappa shape index (κ2) is 19.0. The Morgan fingerprint density at radius 2 is 1.89 bits per heavy atom. The normalized spacial score (nSPS) is 28.2. The second-order valence-electron chi connectivity index (χ2n) is 16.0. The Kier molecular flexibility index (Phi) is 13.6. The summed E-state index contributed by atoms with van der Waals surface area (Å²) in [5, 5.41) is 34.1. The molecule has 0 radical (unpaired) electrons. The molecular formula is C45H58N4O8. The minimum absolute atomic E-state index is 0.105. The number of amides is 1. The van der Waals surface area contributed by atoms with E-state index < -0.39 is 24.0 Å². The topological polar surface area (TPSA) is 146 Å². The largest absolute Gasteiger partial charge is 0.492 e. The zero-order chi connectivity index (χ0) is 39.8. The molecular weight excluding hydrogens is 725 g/mol. The summed E-state index contributed by atoms with van der Waals surface area (Å²) in [6.45, 7) is 8.69. The number of aliphatic hydroxyl groups excluding tert-OH is 2. The highest BCUT2D eigenvalue weighted by molar-refractivity contribution is 6.03. The Hall–Kier alpha value is -4.25. The number of unbranched alkanes of at least 4 members (excludes halogenated alkanes) is 2. The van der Waals surface area contributed by atoms with Crippen LogP contribution in [-0.4, -0.2) is 109 Å². The maximum atomic E-state index is 14.5. The molecule has 12 heteroatoms. The minimum Gasteiger partial charge on any atom is -0.492 e. The summed E-state index contributed by atoms with van der Waals surface area (Å²) < 4.78 is 26.6. The molecule has 306 valence electrons. The molecule has 2 aromatic carbocycles. The summed E-state index contributed by atoms with van der Waals surface area (Å²) in [5.74, 6) is -0.499. The number of nitrogens with zero attached hydrogens (tertiary/aromatic N) is 4. The number of oxime groups is 1. The van der Waals surface area contributed by atoms with Gasteiger partial charge >= 0.3 is 0 Å². The van der Waals surface area contributed by atoms with Crippen molar-refractivity contribution in [1.29, 1.82) is 5.26 Å². The monoisotopic (exact) mass is 782 g/mol. The van der Waals surface area contributed by atoms with E-state index in [9.17, 15) is 20.3 Å². The summed E-state index contributed by atoms with van der Waals surface area (Å²) >= 11 is 0. The van der Waals surface area contributed by atoms with E-state index in [0.717, 1.165) is 87.2 Å². The van der Waals surface area contributed by atoms with Crippen molar-refractivity contribution in [2.24, 2.45) is 22.9 Å². The first-order valence-electron chi connectivity index (χ1n) is 20.9. The van der Waals surface area contributed by atoms with Gasteiger partial charge in [0.25, 0.3) is 5.91 Å². The van der Waals surface area contributed by atoms with Gasteiger partial charge in [-0.1, -0.05) is 30.1 Å². The predicted octanol–water partition coefficient (Wildman–Crippen LogP) is 6.19. The molecule has 3 heterocycles. The first-order valence-corrected chi connectivity index (χ1v) is 20.9. The maximum absolute atomic E-state index is 14.5. The molecule has 57 heavy (non-hydrogen) atoms. The van der Waals surface area contributed by atoms with Gasteiger partial charge in [-0.25, -0.2) is 0 Å². The lowest BCUT2D eigenvalue weighted by atomic mass is 9.55. The van der Waals surface area contributed by atoms with Crippen LogP contribution in [0.15, 0.2) is 71.9 Å². The average Bonchev–Trinajstić information content (AvgIpc) is 4.08. The fourth-order valence-electron chi connectivity index (χ4n) is 9.35. The minimum atomic E-state index is -1.36. The Morgan fingerprint density at radius 3 is 2.60 bits per heavy atom. The van der Waals surface area contributed by atoms with Crippen LogP contribution in [0.3, 0.4) is 0 Å². The SMILES string of the molecule is C=CCO[C@@]12Oc3ccc(OCCN4CC4)cc3[C@H]3[C@H](CCCCO)[C@@H](CCCCO)C=C(C(=NOC4CCCCO4)C[C@@H]1N(C)C(=O)c1ccc(C#N)cc1)[C@H]32. The van der Waals surface area contributed by atoms with Crippen LogP contribution < -0.4 is 9.47 Å². The lowest BCUT2D eigenvalue weighted by Gasteiger charge is -2.59. The molecule has 1 saturated carbocycles. The number of hydrogen-bond donors (Lipinski definition) is 2. The number of likely N-dealkylation sites (N-methyl/N-ethyl adjacent to an activating group) is 1. The van der Waals surface area contributed by atoms with Gasteiger partial charge in [-0.15, -0.1) is 6.58 Å². The number of carbonyl (C=O) groups excluding carboxylic acids is 1. The van der Waals surface area contributed by atoms with E-state index in [4.69, 9.17) is 28.9 Å². The lowest BCUT2D eigenvalue weighted by Crippen LogP contribution is -2.69. The van der Waals surface area contributed by atoms with Crippen LogP contribution in [-0.2, 0) is 14.3 Å². The van der Waals surface area contributed by atoms with Crippen LogP contribution in [0.5, 0.6) is 11.5 Å². The van der Waals surface area contributed by atoms with Crippen LogP contribution >= 0.6 is 0 Å². The van der Waals surface area contributed by atoms with Gasteiger partial charge in [-0.3, -0.25) is 9.69 Å². The van der Waals surface area contributed by atoms with Gasteiger partial charge in [0.05, 0.1) is 36.5 Å². The van der Waals surface area contributed by atoms with Crippen LogP contribution in [0.2, 0.25) is 0 Å². The predicted molar refractivity (Wildman–Crippen MR) is 215 cm³/mol. The van der Waals surface area contributed by atoms with Crippen molar-refractivity contribution in [2.45, 2.75) is 88.2 Å². The van der Waals surface area contributed by atoms with E-state index in [2.05, 4.69) is 29.7 Å². The van der Waals surface area contributed by atoms with Crippen LogP contribution in [0.1, 0.15) is 91.6 Å². The summed E-state index contributed by atoms with van der Waals surface area (Å²) in [6.07, 6.45) is 11.3. The van der Waals surface area contributed by atoms with Gasteiger partial charge in [0.2, 0.25) is 12.1 Å². The molecule has 5 aliphatic rings. The third-order valence-electron chi connectivity index (χ3n) is 12.3. The van der Waals surface area contributed by atoms with E-state index in [1.165, 1.54) is 0 Å². The molecule has 2 aromatic rings. The number of rotatable bonds is 19. The molecule has 3 aliphatic heterocycles. The van der Waals surface area contributed by atoms with E-state index in [1.807, 2.05) is 12.1 Å². The first kappa shape index (κ1) is 40.9. The van der Waals surface area contributed by atoms with Crippen molar-refractivity contribution < 1.29 is 38.8 Å². The summed E-state index contributed by atoms with van der Waals surface area (Å²) in [4.78, 5) is 24.8. The molecule has 1 unspecified atom stereocenters.